The van der Waals surface area contributed by atoms with E-state index in [1.54, 1.807) is 97.1 Å². The molecule has 6 aromatic carbocycles. The number of hydrogen-bond acceptors (Lipinski definition) is 6. The summed E-state index contributed by atoms with van der Waals surface area (Å²) in [5, 5.41) is 5.58. The molecule has 0 aromatic heterocycles. The van der Waals surface area contributed by atoms with Crippen molar-refractivity contribution in [2.24, 2.45) is 0 Å². The first kappa shape index (κ1) is 38.7. The average molecular weight is 777 g/mol. The van der Waals surface area contributed by atoms with Gasteiger partial charge in [0.15, 0.2) is 22.6 Å². The minimum Gasteiger partial charge on any atom is -0.315 e. The molecule has 58 heavy (non-hydrogen) atoms. The summed E-state index contributed by atoms with van der Waals surface area (Å²) >= 11 is 0. The second-order valence-corrected chi connectivity index (χ2v) is 13.5. The molecule has 0 spiro atoms. The van der Waals surface area contributed by atoms with Gasteiger partial charge in [0.05, 0.1) is 13.1 Å². The molecule has 0 aliphatic carbocycles. The van der Waals surface area contributed by atoms with Gasteiger partial charge >= 0.3 is 12.1 Å². The fourth-order valence-electron chi connectivity index (χ4n) is 7.05. The lowest BCUT2D eigenvalue weighted by Crippen LogP contribution is -2.45. The van der Waals surface area contributed by atoms with Crippen LogP contribution in [0, 0.1) is 11.6 Å². The van der Waals surface area contributed by atoms with E-state index >= 15 is 0 Å². The molecule has 8 rings (SSSR count). The number of Topliss-reactive ketones (excluding diaryl/α,β-unsaturated/α-hetero) is 2. The van der Waals surface area contributed by atoms with E-state index in [-0.39, 0.29) is 11.1 Å². The van der Waals surface area contributed by atoms with E-state index in [9.17, 15) is 37.5 Å². The molecule has 6 aromatic rings. The van der Waals surface area contributed by atoms with Crippen molar-refractivity contribution in [3.63, 3.8) is 0 Å². The zero-order chi connectivity index (χ0) is 40.9. The lowest BCUT2D eigenvalue weighted by molar-refractivity contribution is -0.130. The van der Waals surface area contributed by atoms with E-state index in [4.69, 9.17) is 0 Å². The molecule has 0 radical (unpaired) electrons. The lowest BCUT2D eigenvalue weighted by atomic mass is 9.82. The summed E-state index contributed by atoms with van der Waals surface area (Å²) in [6, 6.07) is 44.3. The number of nitrogens with one attached hydrogen (secondary N) is 2. The van der Waals surface area contributed by atoms with E-state index < -0.39 is 71.2 Å². The molecule has 2 fully saturated rings. The lowest BCUT2D eigenvalue weighted by Gasteiger charge is -2.28. The number of rotatable bonds is 10. The van der Waals surface area contributed by atoms with E-state index in [0.717, 1.165) is 34.1 Å². The van der Waals surface area contributed by atoms with Crippen molar-refractivity contribution in [1.29, 1.82) is 0 Å². The zero-order valence-electron chi connectivity index (χ0n) is 30.7. The Morgan fingerprint density at radius 3 is 0.931 bits per heavy atom. The summed E-state index contributed by atoms with van der Waals surface area (Å²) < 4.78 is 26.2. The number of benzene rings is 6. The monoisotopic (exact) mass is 776 g/mol. The van der Waals surface area contributed by atoms with Gasteiger partial charge in [-0.1, -0.05) is 121 Å². The molecule has 2 saturated heterocycles. The molecule has 0 atom stereocenters. The van der Waals surface area contributed by atoms with Gasteiger partial charge in [-0.15, -0.1) is 0 Å². The molecule has 2 aliphatic rings. The van der Waals surface area contributed by atoms with Crippen LogP contribution < -0.4 is 10.6 Å². The molecule has 2 aliphatic heterocycles. The molecule has 0 saturated carbocycles. The number of hydrogen-bond donors (Lipinski definition) is 2. The largest absolute Gasteiger partial charge is 0.325 e. The highest BCUT2D eigenvalue weighted by Crippen LogP contribution is 2.37. The molecule has 0 bridgehead atoms. The van der Waals surface area contributed by atoms with Crippen LogP contribution in [0.3, 0.4) is 0 Å². The van der Waals surface area contributed by atoms with Crippen LogP contribution in [0.4, 0.5) is 18.4 Å². The van der Waals surface area contributed by atoms with Crippen molar-refractivity contribution in [3.05, 3.63) is 215 Å². The normalized spacial score (nSPS) is 15.3. The minimum atomic E-state index is -1.41. The molecular formula is C46H34F2N4O6. The third kappa shape index (κ3) is 7.26. The number of nitrogens with zero attached hydrogens (tertiary/aromatic N) is 2. The SMILES string of the molecule is O=C(CN1C(=O)NC(c2ccccc2)(c2ccccc2)C1=O)c1ccc(F)cc1.O=C(CN1C(=O)NC(c2ccccc2)(c2ccccc2)C1=O)c1ccc(F)cc1. The smallest absolute Gasteiger partial charge is 0.315 e. The van der Waals surface area contributed by atoms with Crippen LogP contribution in [0.1, 0.15) is 43.0 Å². The van der Waals surface area contributed by atoms with Crippen LogP contribution in [0.25, 0.3) is 0 Å². The summed E-state index contributed by atoms with van der Waals surface area (Å²) in [5.41, 5.74) is 0.0173. The van der Waals surface area contributed by atoms with Gasteiger partial charge in [0, 0.05) is 11.1 Å². The standard InChI is InChI=1S/2C23H17FN2O3/c2*24-19-13-11-16(12-14-19)20(27)15-26-21(28)23(25-22(26)29,17-7-3-1-4-8-17)18-9-5-2-6-10-18/h2*1-14H,15H2,(H,25,29). The van der Waals surface area contributed by atoms with Gasteiger partial charge in [-0.2, -0.15) is 0 Å². The third-order valence-electron chi connectivity index (χ3n) is 9.97. The topological polar surface area (TPSA) is 133 Å². The van der Waals surface area contributed by atoms with E-state index in [1.807, 2.05) is 24.3 Å². The van der Waals surface area contributed by atoms with Crippen molar-refractivity contribution in [2.45, 2.75) is 11.1 Å². The van der Waals surface area contributed by atoms with Crippen molar-refractivity contribution < 1.29 is 37.5 Å². The van der Waals surface area contributed by atoms with Crippen LogP contribution in [0.15, 0.2) is 170 Å². The van der Waals surface area contributed by atoms with Crippen LogP contribution in [0.2, 0.25) is 0 Å². The number of amides is 6. The number of urea groups is 2. The first-order chi connectivity index (χ1) is 28.0. The van der Waals surface area contributed by atoms with Crippen molar-refractivity contribution >= 4 is 35.4 Å². The van der Waals surface area contributed by atoms with Gasteiger partial charge in [-0.05, 0) is 70.8 Å². The number of ketones is 2. The first-order valence-electron chi connectivity index (χ1n) is 18.1. The Labute approximate surface area is 331 Å². The van der Waals surface area contributed by atoms with Crippen LogP contribution >= 0.6 is 0 Å². The molecule has 10 nitrogen and oxygen atoms in total. The Kier molecular flexibility index (Phi) is 10.8. The summed E-state index contributed by atoms with van der Waals surface area (Å²) in [6.07, 6.45) is 0. The van der Waals surface area contributed by atoms with Crippen molar-refractivity contribution in [1.82, 2.24) is 20.4 Å². The predicted molar refractivity (Wildman–Crippen MR) is 209 cm³/mol. The van der Waals surface area contributed by atoms with Crippen molar-refractivity contribution in [3.8, 4) is 0 Å². The Balaban J connectivity index is 0.000000177. The van der Waals surface area contributed by atoms with E-state index in [0.29, 0.717) is 22.3 Å². The number of halogens is 2. The highest BCUT2D eigenvalue weighted by molar-refractivity contribution is 6.14. The van der Waals surface area contributed by atoms with Gasteiger partial charge in [-0.25, -0.2) is 18.4 Å². The van der Waals surface area contributed by atoms with Crippen LogP contribution in [0.5, 0.6) is 0 Å². The quantitative estimate of drug-likeness (QED) is 0.114. The second-order valence-electron chi connectivity index (χ2n) is 13.5. The molecule has 288 valence electrons. The average Bonchev–Trinajstić information content (AvgIpc) is 3.67. The molecule has 2 heterocycles. The summed E-state index contributed by atoms with van der Waals surface area (Å²) in [6.45, 7) is -0.866. The molecule has 12 heteroatoms. The Hall–Kier alpha value is -7.60. The first-order valence-corrected chi connectivity index (χ1v) is 18.1. The zero-order valence-corrected chi connectivity index (χ0v) is 30.7. The van der Waals surface area contributed by atoms with Crippen LogP contribution in [-0.2, 0) is 20.7 Å². The Morgan fingerprint density at radius 1 is 0.414 bits per heavy atom. The molecule has 0 unspecified atom stereocenters. The molecule has 2 N–H and O–H groups in total. The summed E-state index contributed by atoms with van der Waals surface area (Å²) in [5.74, 6) is -2.91. The van der Waals surface area contributed by atoms with Gasteiger partial charge in [0.1, 0.15) is 11.6 Å². The highest BCUT2D eigenvalue weighted by atomic mass is 19.1. The maximum Gasteiger partial charge on any atom is 0.325 e. The maximum absolute atomic E-state index is 13.5. The maximum atomic E-state index is 13.5. The fraction of sp³-hybridized carbons (Fsp3) is 0.0870. The highest BCUT2D eigenvalue weighted by Gasteiger charge is 2.55. The summed E-state index contributed by atoms with van der Waals surface area (Å²) in [7, 11) is 0. The third-order valence-corrected chi connectivity index (χ3v) is 9.97. The predicted octanol–water partition coefficient (Wildman–Crippen LogP) is 7.01. The van der Waals surface area contributed by atoms with Crippen molar-refractivity contribution in [2.75, 3.05) is 13.1 Å². The van der Waals surface area contributed by atoms with Crippen LogP contribution in [-0.4, -0.2) is 58.3 Å². The van der Waals surface area contributed by atoms with Gasteiger partial charge in [0.25, 0.3) is 11.8 Å². The Morgan fingerprint density at radius 2 is 0.672 bits per heavy atom. The molecule has 6 amide bonds. The van der Waals surface area contributed by atoms with E-state index in [2.05, 4.69) is 10.6 Å². The van der Waals surface area contributed by atoms with Gasteiger partial charge in [0.2, 0.25) is 0 Å². The number of carbonyl (C=O) groups is 6. The van der Waals surface area contributed by atoms with Gasteiger partial charge < -0.3 is 10.6 Å². The second kappa shape index (κ2) is 16.2. The fourth-order valence-corrected chi connectivity index (χ4v) is 7.05. The molecular weight excluding hydrogens is 743 g/mol. The van der Waals surface area contributed by atoms with E-state index in [1.165, 1.54) is 24.3 Å². The Bertz CT molecular complexity index is 2230. The number of imide groups is 2. The van der Waals surface area contributed by atoms with Gasteiger partial charge in [-0.3, -0.25) is 29.0 Å². The summed E-state index contributed by atoms with van der Waals surface area (Å²) in [4.78, 5) is 79.5. The number of carbonyl (C=O) groups excluding carboxylic acids is 6. The minimum absolute atomic E-state index is 0.226.